The molecule has 1 heterocycles. The van der Waals surface area contributed by atoms with Crippen LogP contribution in [0.25, 0.3) is 11.1 Å². The molecule has 0 saturated heterocycles. The van der Waals surface area contributed by atoms with Crippen molar-refractivity contribution < 1.29 is 4.42 Å². The lowest BCUT2D eigenvalue weighted by molar-refractivity contribution is 0.525. The van der Waals surface area contributed by atoms with Crippen molar-refractivity contribution in [2.24, 2.45) is 0 Å². The number of unbranched alkanes of at least 4 members (excludes halogenated alkanes) is 2. The molecule has 4 heteroatoms. The van der Waals surface area contributed by atoms with Gasteiger partial charge in [-0.25, -0.2) is 0 Å². The zero-order chi connectivity index (χ0) is 13.8. The molecule has 2 rings (SSSR count). The minimum Gasteiger partial charge on any atom is -0.423 e. The van der Waals surface area contributed by atoms with Crippen molar-refractivity contribution >= 4 is 22.8 Å². The van der Waals surface area contributed by atoms with Crippen LogP contribution in [0.15, 0.2) is 22.6 Å². The quantitative estimate of drug-likeness (QED) is 0.634. The van der Waals surface area contributed by atoms with Gasteiger partial charge < -0.3 is 15.1 Å². The van der Waals surface area contributed by atoms with Gasteiger partial charge in [0.05, 0.1) is 5.69 Å². The molecule has 0 bridgehead atoms. The van der Waals surface area contributed by atoms with Gasteiger partial charge in [-0.1, -0.05) is 25.8 Å². The van der Waals surface area contributed by atoms with E-state index in [1.165, 1.54) is 12.8 Å². The molecule has 1 aromatic carbocycles. The molecule has 1 aromatic heterocycles. The fraction of sp³-hybridized carbons (Fsp3) is 0.533. The molecule has 0 saturated carbocycles. The van der Waals surface area contributed by atoms with E-state index in [0.717, 1.165) is 24.1 Å². The van der Waals surface area contributed by atoms with Crippen molar-refractivity contribution in [3.05, 3.63) is 18.2 Å². The third-order valence-electron chi connectivity index (χ3n) is 3.31. The van der Waals surface area contributed by atoms with Gasteiger partial charge in [0.1, 0.15) is 5.52 Å². The van der Waals surface area contributed by atoms with Crippen LogP contribution in [-0.4, -0.2) is 17.6 Å². The SMILES string of the molecule is CCCCCN(c1nc2c(N)cccc2o1)C(C)C. The highest BCUT2D eigenvalue weighted by Gasteiger charge is 2.17. The van der Waals surface area contributed by atoms with Crippen LogP contribution in [0.4, 0.5) is 11.7 Å². The Labute approximate surface area is 114 Å². The second-order valence-corrected chi connectivity index (χ2v) is 5.18. The molecule has 0 unspecified atom stereocenters. The standard InChI is InChI=1S/C15H23N3O/c1-4-5-6-10-18(11(2)3)15-17-14-12(16)8-7-9-13(14)19-15/h7-9,11H,4-6,10,16H2,1-3H3. The molecule has 2 aromatic rings. The summed E-state index contributed by atoms with van der Waals surface area (Å²) in [7, 11) is 0. The summed E-state index contributed by atoms with van der Waals surface area (Å²) in [4.78, 5) is 6.75. The number of benzene rings is 1. The van der Waals surface area contributed by atoms with Crippen LogP contribution in [0.3, 0.4) is 0 Å². The van der Waals surface area contributed by atoms with Crippen LogP contribution >= 0.6 is 0 Å². The summed E-state index contributed by atoms with van der Waals surface area (Å²) in [5.41, 5.74) is 8.12. The van der Waals surface area contributed by atoms with E-state index in [0.29, 0.717) is 17.7 Å². The van der Waals surface area contributed by atoms with Gasteiger partial charge in [0.15, 0.2) is 5.58 Å². The smallest absolute Gasteiger partial charge is 0.298 e. The van der Waals surface area contributed by atoms with Crippen molar-refractivity contribution in [1.82, 2.24) is 4.98 Å². The number of para-hydroxylation sites is 1. The Morgan fingerprint density at radius 1 is 1.32 bits per heavy atom. The molecule has 0 spiro atoms. The Morgan fingerprint density at radius 2 is 2.11 bits per heavy atom. The second-order valence-electron chi connectivity index (χ2n) is 5.18. The normalized spacial score (nSPS) is 11.4. The molecule has 0 fully saturated rings. The van der Waals surface area contributed by atoms with Gasteiger partial charge in [0, 0.05) is 12.6 Å². The van der Waals surface area contributed by atoms with Crippen molar-refractivity contribution in [3.8, 4) is 0 Å². The number of rotatable bonds is 6. The number of anilines is 2. The van der Waals surface area contributed by atoms with Crippen LogP contribution in [0.1, 0.15) is 40.0 Å². The monoisotopic (exact) mass is 261 g/mol. The molecule has 104 valence electrons. The lowest BCUT2D eigenvalue weighted by atomic mass is 10.2. The number of nitrogens with two attached hydrogens (primary N) is 1. The molecule has 4 nitrogen and oxygen atoms in total. The van der Waals surface area contributed by atoms with E-state index in [1.54, 1.807) is 0 Å². The summed E-state index contributed by atoms with van der Waals surface area (Å²) in [6.45, 7) is 7.49. The topological polar surface area (TPSA) is 55.3 Å². The van der Waals surface area contributed by atoms with Gasteiger partial charge in [-0.2, -0.15) is 4.98 Å². The van der Waals surface area contributed by atoms with Crippen LogP contribution in [0.5, 0.6) is 0 Å². The second kappa shape index (κ2) is 5.95. The molecule has 19 heavy (non-hydrogen) atoms. The van der Waals surface area contributed by atoms with Crippen LogP contribution in [-0.2, 0) is 0 Å². The minimum absolute atomic E-state index is 0.367. The molecular formula is C15H23N3O. The summed E-state index contributed by atoms with van der Waals surface area (Å²) >= 11 is 0. The first-order chi connectivity index (χ1) is 9.13. The van der Waals surface area contributed by atoms with Gasteiger partial charge in [0.25, 0.3) is 6.01 Å². The first kappa shape index (κ1) is 13.7. The average molecular weight is 261 g/mol. The lowest BCUT2D eigenvalue weighted by Gasteiger charge is -2.24. The Kier molecular flexibility index (Phi) is 4.30. The number of fused-ring (bicyclic) bond motifs is 1. The maximum absolute atomic E-state index is 5.93. The van der Waals surface area contributed by atoms with Gasteiger partial charge in [0.2, 0.25) is 0 Å². The van der Waals surface area contributed by atoms with E-state index in [2.05, 4.69) is 30.7 Å². The van der Waals surface area contributed by atoms with Crippen LogP contribution < -0.4 is 10.6 Å². The summed E-state index contributed by atoms with van der Waals surface area (Å²) in [6, 6.07) is 6.70. The van der Waals surface area contributed by atoms with E-state index in [4.69, 9.17) is 10.2 Å². The molecule has 0 radical (unpaired) electrons. The number of nitrogen functional groups attached to an aromatic ring is 1. The highest BCUT2D eigenvalue weighted by molar-refractivity contribution is 5.86. The Bertz CT molecular complexity index is 533. The maximum Gasteiger partial charge on any atom is 0.298 e. The van der Waals surface area contributed by atoms with Crippen molar-refractivity contribution in [1.29, 1.82) is 0 Å². The van der Waals surface area contributed by atoms with E-state index < -0.39 is 0 Å². The lowest BCUT2D eigenvalue weighted by Crippen LogP contribution is -2.31. The van der Waals surface area contributed by atoms with Gasteiger partial charge in [-0.05, 0) is 32.4 Å². The fourth-order valence-electron chi connectivity index (χ4n) is 2.19. The predicted octanol–water partition coefficient (Wildman–Crippen LogP) is 3.82. The van der Waals surface area contributed by atoms with Gasteiger partial charge in [-0.3, -0.25) is 0 Å². The summed E-state index contributed by atoms with van der Waals surface area (Å²) in [5.74, 6) is 0. The third kappa shape index (κ3) is 3.00. The molecule has 0 aliphatic carbocycles. The maximum atomic E-state index is 5.93. The predicted molar refractivity (Wildman–Crippen MR) is 80.4 cm³/mol. The molecule has 0 atom stereocenters. The Hall–Kier alpha value is -1.71. The molecule has 0 aliphatic heterocycles. The van der Waals surface area contributed by atoms with Crippen molar-refractivity contribution in [3.63, 3.8) is 0 Å². The summed E-state index contributed by atoms with van der Waals surface area (Å²) in [5, 5.41) is 0. The molecule has 0 aliphatic rings. The number of oxazole rings is 1. The van der Waals surface area contributed by atoms with Gasteiger partial charge >= 0.3 is 0 Å². The summed E-state index contributed by atoms with van der Waals surface area (Å²) < 4.78 is 5.84. The first-order valence-electron chi connectivity index (χ1n) is 7.05. The van der Waals surface area contributed by atoms with Gasteiger partial charge in [-0.15, -0.1) is 0 Å². The van der Waals surface area contributed by atoms with Crippen molar-refractivity contribution in [2.75, 3.05) is 17.2 Å². The number of nitrogens with zero attached hydrogens (tertiary/aromatic N) is 2. The Balaban J connectivity index is 2.26. The zero-order valence-electron chi connectivity index (χ0n) is 12.0. The highest BCUT2D eigenvalue weighted by atomic mass is 16.4. The number of hydrogen-bond acceptors (Lipinski definition) is 4. The average Bonchev–Trinajstić information content (AvgIpc) is 2.79. The molecule has 0 amide bonds. The highest BCUT2D eigenvalue weighted by Crippen LogP contribution is 2.27. The first-order valence-corrected chi connectivity index (χ1v) is 7.05. The largest absolute Gasteiger partial charge is 0.423 e. The van der Waals surface area contributed by atoms with Crippen LogP contribution in [0, 0.1) is 0 Å². The number of hydrogen-bond donors (Lipinski definition) is 1. The van der Waals surface area contributed by atoms with E-state index >= 15 is 0 Å². The Morgan fingerprint density at radius 3 is 2.74 bits per heavy atom. The van der Waals surface area contributed by atoms with E-state index in [-0.39, 0.29) is 0 Å². The number of aromatic nitrogens is 1. The fourth-order valence-corrected chi connectivity index (χ4v) is 2.19. The minimum atomic E-state index is 0.367. The van der Waals surface area contributed by atoms with E-state index in [9.17, 15) is 0 Å². The zero-order valence-corrected chi connectivity index (χ0v) is 12.0. The van der Waals surface area contributed by atoms with Crippen LogP contribution in [0.2, 0.25) is 0 Å². The van der Waals surface area contributed by atoms with E-state index in [1.807, 2.05) is 18.2 Å². The third-order valence-corrected chi connectivity index (χ3v) is 3.31. The van der Waals surface area contributed by atoms with Crippen molar-refractivity contribution in [2.45, 2.75) is 46.1 Å². The molecule has 2 N–H and O–H groups in total. The summed E-state index contributed by atoms with van der Waals surface area (Å²) in [6.07, 6.45) is 3.60. The molecular weight excluding hydrogens is 238 g/mol.